The number of fused-ring (bicyclic) bond motifs is 1. The predicted molar refractivity (Wildman–Crippen MR) is 85.5 cm³/mol. The summed E-state index contributed by atoms with van der Waals surface area (Å²) in [6, 6.07) is 11.9. The van der Waals surface area contributed by atoms with Crippen LogP contribution in [0.4, 0.5) is 5.69 Å². The molecule has 21 heavy (non-hydrogen) atoms. The van der Waals surface area contributed by atoms with Gasteiger partial charge in [0.15, 0.2) is 11.5 Å². The molecule has 0 fully saturated rings. The van der Waals surface area contributed by atoms with Gasteiger partial charge in [-0.05, 0) is 45.8 Å². The van der Waals surface area contributed by atoms with Gasteiger partial charge in [0.25, 0.3) is 0 Å². The third-order valence-electron chi connectivity index (χ3n) is 3.25. The third kappa shape index (κ3) is 3.24. The van der Waals surface area contributed by atoms with Crippen molar-refractivity contribution in [2.45, 2.75) is 6.54 Å². The lowest BCUT2D eigenvalue weighted by Crippen LogP contribution is -2.15. The molecule has 2 aromatic rings. The molecule has 2 aromatic carbocycles. The van der Waals surface area contributed by atoms with Crippen LogP contribution in [0.3, 0.4) is 0 Å². The van der Waals surface area contributed by atoms with Crippen molar-refractivity contribution in [1.82, 2.24) is 0 Å². The molecule has 110 valence electrons. The highest BCUT2D eigenvalue weighted by Crippen LogP contribution is 2.31. The Balaban J connectivity index is 1.70. The van der Waals surface area contributed by atoms with Crippen molar-refractivity contribution in [2.24, 2.45) is 0 Å². The molecule has 1 heterocycles. The van der Waals surface area contributed by atoms with E-state index in [4.69, 9.17) is 14.2 Å². The van der Waals surface area contributed by atoms with Crippen LogP contribution in [0.1, 0.15) is 5.56 Å². The molecule has 1 aliphatic heterocycles. The average molecular weight is 350 g/mol. The fourth-order valence-corrected chi connectivity index (χ4v) is 2.58. The van der Waals surface area contributed by atoms with E-state index in [1.165, 1.54) is 0 Å². The first-order valence-electron chi connectivity index (χ1n) is 6.72. The van der Waals surface area contributed by atoms with Crippen molar-refractivity contribution in [3.63, 3.8) is 0 Å². The molecule has 0 amide bonds. The Morgan fingerprint density at radius 1 is 1.10 bits per heavy atom. The van der Waals surface area contributed by atoms with Crippen molar-refractivity contribution in [1.29, 1.82) is 0 Å². The number of hydrogen-bond donors (Lipinski definition) is 1. The van der Waals surface area contributed by atoms with Gasteiger partial charge in [-0.2, -0.15) is 0 Å². The van der Waals surface area contributed by atoms with Crippen LogP contribution in [0.5, 0.6) is 17.2 Å². The molecular weight excluding hydrogens is 334 g/mol. The first-order valence-corrected chi connectivity index (χ1v) is 7.51. The first-order chi connectivity index (χ1) is 10.3. The van der Waals surface area contributed by atoms with Gasteiger partial charge in [0, 0.05) is 18.3 Å². The lowest BCUT2D eigenvalue weighted by Gasteiger charge is -2.19. The Morgan fingerprint density at radius 3 is 2.71 bits per heavy atom. The number of hydrogen-bond acceptors (Lipinski definition) is 4. The van der Waals surface area contributed by atoms with Crippen molar-refractivity contribution in [3.8, 4) is 17.2 Å². The molecule has 0 aromatic heterocycles. The molecule has 0 saturated carbocycles. The number of halogens is 1. The standard InChI is InChI=1S/C16H16BrNO3/c1-19-15-9-12(3-4-13(15)17)18-10-11-2-5-14-16(8-11)21-7-6-20-14/h2-5,8-9,18H,6-7,10H2,1H3. The van der Waals surface area contributed by atoms with Crippen LogP contribution in [0.2, 0.25) is 0 Å². The second-order valence-electron chi connectivity index (χ2n) is 4.68. The smallest absolute Gasteiger partial charge is 0.161 e. The molecule has 4 nitrogen and oxygen atoms in total. The normalized spacial score (nSPS) is 12.9. The van der Waals surface area contributed by atoms with Gasteiger partial charge < -0.3 is 19.5 Å². The molecule has 0 spiro atoms. The average Bonchev–Trinajstić information content (AvgIpc) is 2.54. The monoisotopic (exact) mass is 349 g/mol. The molecule has 0 atom stereocenters. The maximum absolute atomic E-state index is 5.59. The van der Waals surface area contributed by atoms with Crippen LogP contribution in [0.25, 0.3) is 0 Å². The molecule has 1 N–H and O–H groups in total. The van der Waals surface area contributed by atoms with Gasteiger partial charge in [0.05, 0.1) is 11.6 Å². The number of ether oxygens (including phenoxy) is 3. The lowest BCUT2D eigenvalue weighted by atomic mass is 10.2. The van der Waals surface area contributed by atoms with Crippen LogP contribution >= 0.6 is 15.9 Å². The Kier molecular flexibility index (Phi) is 4.20. The zero-order valence-electron chi connectivity index (χ0n) is 11.7. The summed E-state index contributed by atoms with van der Waals surface area (Å²) in [6.45, 7) is 1.93. The fourth-order valence-electron chi connectivity index (χ4n) is 2.17. The number of methoxy groups -OCH3 is 1. The van der Waals surface area contributed by atoms with Gasteiger partial charge in [-0.25, -0.2) is 0 Å². The number of benzene rings is 2. The van der Waals surface area contributed by atoms with Gasteiger partial charge in [0.2, 0.25) is 0 Å². The molecule has 5 heteroatoms. The van der Waals surface area contributed by atoms with Crippen LogP contribution in [0, 0.1) is 0 Å². The SMILES string of the molecule is COc1cc(NCc2ccc3c(c2)OCCO3)ccc1Br. The van der Waals surface area contributed by atoms with E-state index < -0.39 is 0 Å². The topological polar surface area (TPSA) is 39.7 Å². The summed E-state index contributed by atoms with van der Waals surface area (Å²) in [7, 11) is 1.66. The Labute approximate surface area is 132 Å². The van der Waals surface area contributed by atoms with Crippen molar-refractivity contribution in [2.75, 3.05) is 25.6 Å². The quantitative estimate of drug-likeness (QED) is 0.910. The predicted octanol–water partition coefficient (Wildman–Crippen LogP) is 3.84. The minimum absolute atomic E-state index is 0.605. The first kappa shape index (κ1) is 14.1. The van der Waals surface area contributed by atoms with Crippen LogP contribution in [-0.4, -0.2) is 20.3 Å². The summed E-state index contributed by atoms with van der Waals surface area (Å²) in [6.07, 6.45) is 0. The Morgan fingerprint density at radius 2 is 1.90 bits per heavy atom. The lowest BCUT2D eigenvalue weighted by molar-refractivity contribution is 0.171. The molecule has 0 saturated heterocycles. The second kappa shape index (κ2) is 6.26. The fraction of sp³-hybridized carbons (Fsp3) is 0.250. The highest BCUT2D eigenvalue weighted by Gasteiger charge is 2.11. The molecule has 1 aliphatic rings. The van der Waals surface area contributed by atoms with E-state index in [9.17, 15) is 0 Å². The largest absolute Gasteiger partial charge is 0.495 e. The molecule has 3 rings (SSSR count). The highest BCUT2D eigenvalue weighted by molar-refractivity contribution is 9.10. The second-order valence-corrected chi connectivity index (χ2v) is 5.54. The molecular formula is C16H16BrNO3. The molecule has 0 radical (unpaired) electrons. The maximum Gasteiger partial charge on any atom is 0.161 e. The molecule has 0 unspecified atom stereocenters. The Hall–Kier alpha value is -1.88. The van der Waals surface area contributed by atoms with Crippen LogP contribution in [0.15, 0.2) is 40.9 Å². The van der Waals surface area contributed by atoms with Crippen molar-refractivity contribution in [3.05, 3.63) is 46.4 Å². The number of rotatable bonds is 4. The van der Waals surface area contributed by atoms with Gasteiger partial charge in [-0.15, -0.1) is 0 Å². The number of anilines is 1. The zero-order valence-corrected chi connectivity index (χ0v) is 13.3. The van der Waals surface area contributed by atoms with E-state index in [1.54, 1.807) is 7.11 Å². The number of nitrogens with one attached hydrogen (secondary N) is 1. The van der Waals surface area contributed by atoms with Crippen molar-refractivity contribution < 1.29 is 14.2 Å². The summed E-state index contributed by atoms with van der Waals surface area (Å²) < 4.78 is 17.3. The highest BCUT2D eigenvalue weighted by atomic mass is 79.9. The summed E-state index contributed by atoms with van der Waals surface area (Å²) >= 11 is 3.44. The van der Waals surface area contributed by atoms with Crippen LogP contribution < -0.4 is 19.5 Å². The zero-order chi connectivity index (χ0) is 14.7. The van der Waals surface area contributed by atoms with Gasteiger partial charge in [-0.1, -0.05) is 6.07 Å². The van der Waals surface area contributed by atoms with Crippen LogP contribution in [-0.2, 0) is 6.54 Å². The van der Waals surface area contributed by atoms with Crippen molar-refractivity contribution >= 4 is 21.6 Å². The van der Waals surface area contributed by atoms with E-state index in [1.807, 2.05) is 36.4 Å². The van der Waals surface area contributed by atoms with E-state index in [0.29, 0.717) is 19.8 Å². The summed E-state index contributed by atoms with van der Waals surface area (Å²) in [4.78, 5) is 0. The van der Waals surface area contributed by atoms with E-state index in [2.05, 4.69) is 21.2 Å². The van der Waals surface area contributed by atoms with Gasteiger partial charge >= 0.3 is 0 Å². The minimum atomic E-state index is 0.605. The molecule has 0 bridgehead atoms. The maximum atomic E-state index is 5.59. The summed E-state index contributed by atoms with van der Waals surface area (Å²) in [5.74, 6) is 2.44. The summed E-state index contributed by atoms with van der Waals surface area (Å²) in [5.41, 5.74) is 2.14. The minimum Gasteiger partial charge on any atom is -0.495 e. The van der Waals surface area contributed by atoms with E-state index >= 15 is 0 Å². The van der Waals surface area contributed by atoms with E-state index in [-0.39, 0.29) is 0 Å². The third-order valence-corrected chi connectivity index (χ3v) is 3.91. The Bertz CT molecular complexity index is 645. The van der Waals surface area contributed by atoms with E-state index in [0.717, 1.165) is 33.0 Å². The molecule has 0 aliphatic carbocycles. The summed E-state index contributed by atoms with van der Waals surface area (Å²) in [5, 5.41) is 3.37. The van der Waals surface area contributed by atoms with Gasteiger partial charge in [-0.3, -0.25) is 0 Å². The van der Waals surface area contributed by atoms with Gasteiger partial charge in [0.1, 0.15) is 19.0 Å².